The van der Waals surface area contributed by atoms with Gasteiger partial charge in [0.15, 0.2) is 5.78 Å². The summed E-state index contributed by atoms with van der Waals surface area (Å²) in [5.74, 6) is 0.0891. The number of hydrogen-bond donors (Lipinski definition) is 0. The van der Waals surface area contributed by atoms with Crippen LogP contribution < -0.4 is 0 Å². The smallest absolute Gasteiger partial charge is 0.161 e. The first kappa shape index (κ1) is 9.89. The van der Waals surface area contributed by atoms with Crippen molar-refractivity contribution in [2.45, 2.75) is 20.3 Å². The molecule has 60 valence electrons. The molecule has 0 amide bonds. The predicted molar refractivity (Wildman–Crippen MR) is 48.4 cm³/mol. The van der Waals surface area contributed by atoms with Crippen LogP contribution in [0.5, 0.6) is 0 Å². The highest BCUT2D eigenvalue weighted by molar-refractivity contribution is 5.95. The van der Waals surface area contributed by atoms with Crippen LogP contribution in [0.15, 0.2) is 36.5 Å². The molecule has 1 nitrogen and oxygen atoms in total. The van der Waals surface area contributed by atoms with Gasteiger partial charge in [-0.2, -0.15) is 0 Å². The zero-order valence-corrected chi connectivity index (χ0v) is 7.18. The van der Waals surface area contributed by atoms with Crippen LogP contribution in [0.4, 0.5) is 0 Å². The van der Waals surface area contributed by atoms with Crippen LogP contribution in [0.2, 0.25) is 0 Å². The van der Waals surface area contributed by atoms with Crippen molar-refractivity contribution in [1.29, 1.82) is 0 Å². The lowest BCUT2D eigenvalue weighted by Crippen LogP contribution is -1.95. The quantitative estimate of drug-likeness (QED) is 0.445. The van der Waals surface area contributed by atoms with Crippen LogP contribution in [0.25, 0.3) is 0 Å². The summed E-state index contributed by atoms with van der Waals surface area (Å²) >= 11 is 0. The largest absolute Gasteiger partial charge is 0.294 e. The van der Waals surface area contributed by atoms with Crippen LogP contribution in [0, 0.1) is 0 Å². The monoisotopic (exact) mass is 150 g/mol. The summed E-state index contributed by atoms with van der Waals surface area (Å²) in [6, 6.07) is 0. The summed E-state index contributed by atoms with van der Waals surface area (Å²) in [5.41, 5.74) is 1.64. The molecule has 0 radical (unpaired) electrons. The van der Waals surface area contributed by atoms with Crippen LogP contribution in [-0.2, 0) is 4.79 Å². The molecule has 0 N–H and O–H groups in total. The number of allylic oxidation sites excluding steroid dienone is 4. The molecule has 0 rings (SSSR count). The maximum Gasteiger partial charge on any atom is 0.161 e. The first-order chi connectivity index (χ1) is 5.07. The molecule has 0 aliphatic rings. The Hall–Kier alpha value is -1.11. The van der Waals surface area contributed by atoms with Gasteiger partial charge in [-0.1, -0.05) is 30.9 Å². The lowest BCUT2D eigenvalue weighted by atomic mass is 10.1. The summed E-state index contributed by atoms with van der Waals surface area (Å²) in [4.78, 5) is 11.0. The van der Waals surface area contributed by atoms with E-state index in [0.717, 1.165) is 5.57 Å². The van der Waals surface area contributed by atoms with Gasteiger partial charge >= 0.3 is 0 Å². The molecule has 0 fully saturated rings. The van der Waals surface area contributed by atoms with Gasteiger partial charge in [0.1, 0.15) is 0 Å². The molecular weight excluding hydrogens is 136 g/mol. The topological polar surface area (TPSA) is 17.1 Å². The third kappa shape index (κ3) is 4.31. The summed E-state index contributed by atoms with van der Waals surface area (Å²) < 4.78 is 0. The molecule has 0 saturated carbocycles. The van der Waals surface area contributed by atoms with Crippen molar-refractivity contribution in [2.75, 3.05) is 0 Å². The fraction of sp³-hybridized carbons (Fsp3) is 0.300. The lowest BCUT2D eigenvalue weighted by molar-refractivity contribution is -0.114. The van der Waals surface area contributed by atoms with Crippen LogP contribution >= 0.6 is 0 Å². The van der Waals surface area contributed by atoms with E-state index < -0.39 is 0 Å². The van der Waals surface area contributed by atoms with E-state index in [1.54, 1.807) is 13.0 Å². The second kappa shape index (κ2) is 4.67. The Balaban J connectivity index is 3.98. The summed E-state index contributed by atoms with van der Waals surface area (Å²) in [5, 5.41) is 0. The SMILES string of the molecule is C=CC(C)=CCC(=O)C(=C)C. The van der Waals surface area contributed by atoms with Gasteiger partial charge < -0.3 is 0 Å². The Kier molecular flexibility index (Phi) is 4.20. The van der Waals surface area contributed by atoms with Gasteiger partial charge in [-0.05, 0) is 19.4 Å². The average Bonchev–Trinajstić information content (AvgIpc) is 1.99. The number of ketones is 1. The zero-order valence-electron chi connectivity index (χ0n) is 7.18. The highest BCUT2D eigenvalue weighted by atomic mass is 16.1. The van der Waals surface area contributed by atoms with Crippen molar-refractivity contribution in [1.82, 2.24) is 0 Å². The maximum atomic E-state index is 11.0. The summed E-state index contributed by atoms with van der Waals surface area (Å²) in [6.07, 6.45) is 4.02. The fourth-order valence-electron chi connectivity index (χ4n) is 0.511. The van der Waals surface area contributed by atoms with Gasteiger partial charge in [-0.25, -0.2) is 0 Å². The zero-order chi connectivity index (χ0) is 8.85. The Bertz CT molecular complexity index is 209. The molecule has 0 aliphatic heterocycles. The first-order valence-corrected chi connectivity index (χ1v) is 3.56. The molecule has 0 aromatic rings. The molecule has 1 heteroatoms. The van der Waals surface area contributed by atoms with Crippen molar-refractivity contribution in [3.63, 3.8) is 0 Å². The fourth-order valence-corrected chi connectivity index (χ4v) is 0.511. The van der Waals surface area contributed by atoms with Gasteiger partial charge in [0, 0.05) is 6.42 Å². The number of Topliss-reactive ketones (excluding diaryl/α,β-unsaturated/α-hetero) is 1. The van der Waals surface area contributed by atoms with Crippen molar-refractivity contribution < 1.29 is 4.79 Å². The first-order valence-electron chi connectivity index (χ1n) is 3.56. The number of carbonyl (C=O) groups excluding carboxylic acids is 1. The Morgan fingerprint density at radius 3 is 2.36 bits per heavy atom. The highest BCUT2D eigenvalue weighted by Crippen LogP contribution is 2.00. The molecule has 0 atom stereocenters. The molecule has 0 spiro atoms. The Labute approximate surface area is 68.1 Å². The molecular formula is C10H14O. The van der Waals surface area contributed by atoms with E-state index in [-0.39, 0.29) is 5.78 Å². The van der Waals surface area contributed by atoms with E-state index in [1.165, 1.54) is 0 Å². The van der Waals surface area contributed by atoms with E-state index >= 15 is 0 Å². The Morgan fingerprint density at radius 2 is 2.00 bits per heavy atom. The van der Waals surface area contributed by atoms with Crippen molar-refractivity contribution >= 4 is 5.78 Å². The van der Waals surface area contributed by atoms with Crippen molar-refractivity contribution in [3.8, 4) is 0 Å². The van der Waals surface area contributed by atoms with Gasteiger partial charge in [0.05, 0.1) is 0 Å². The number of hydrogen-bond acceptors (Lipinski definition) is 1. The van der Waals surface area contributed by atoms with E-state index in [0.29, 0.717) is 12.0 Å². The van der Waals surface area contributed by atoms with Crippen LogP contribution in [0.1, 0.15) is 20.3 Å². The van der Waals surface area contributed by atoms with Crippen LogP contribution in [0.3, 0.4) is 0 Å². The third-order valence-electron chi connectivity index (χ3n) is 1.41. The molecule has 0 heterocycles. The molecule has 0 unspecified atom stereocenters. The molecule has 0 saturated heterocycles. The van der Waals surface area contributed by atoms with E-state index in [1.807, 2.05) is 13.0 Å². The second-order valence-corrected chi connectivity index (χ2v) is 2.56. The van der Waals surface area contributed by atoms with Crippen molar-refractivity contribution in [3.05, 3.63) is 36.5 Å². The number of carbonyl (C=O) groups is 1. The van der Waals surface area contributed by atoms with E-state index in [4.69, 9.17) is 0 Å². The van der Waals surface area contributed by atoms with E-state index in [9.17, 15) is 4.79 Å². The highest BCUT2D eigenvalue weighted by Gasteiger charge is 1.97. The minimum absolute atomic E-state index is 0.0891. The minimum Gasteiger partial charge on any atom is -0.294 e. The Morgan fingerprint density at radius 1 is 1.45 bits per heavy atom. The molecule has 0 aromatic heterocycles. The standard InChI is InChI=1S/C10H14O/c1-5-9(4)6-7-10(11)8(2)3/h5-6H,1-2,7H2,3-4H3. The van der Waals surface area contributed by atoms with Crippen molar-refractivity contribution in [2.24, 2.45) is 0 Å². The summed E-state index contributed by atoms with van der Waals surface area (Å²) in [6.45, 7) is 10.8. The normalized spacial score (nSPS) is 10.9. The average molecular weight is 150 g/mol. The van der Waals surface area contributed by atoms with Gasteiger partial charge in [0.25, 0.3) is 0 Å². The molecule has 0 bridgehead atoms. The van der Waals surface area contributed by atoms with Gasteiger partial charge in [-0.15, -0.1) is 0 Å². The molecule has 0 aromatic carbocycles. The predicted octanol–water partition coefficient (Wildman–Crippen LogP) is 2.65. The van der Waals surface area contributed by atoms with Gasteiger partial charge in [-0.3, -0.25) is 4.79 Å². The van der Waals surface area contributed by atoms with Gasteiger partial charge in [0.2, 0.25) is 0 Å². The minimum atomic E-state index is 0.0891. The molecule has 0 aliphatic carbocycles. The maximum absolute atomic E-state index is 11.0. The molecule has 11 heavy (non-hydrogen) atoms. The number of rotatable bonds is 4. The second-order valence-electron chi connectivity index (χ2n) is 2.56. The lowest BCUT2D eigenvalue weighted by Gasteiger charge is -1.93. The van der Waals surface area contributed by atoms with E-state index in [2.05, 4.69) is 13.2 Å². The summed E-state index contributed by atoms with van der Waals surface area (Å²) in [7, 11) is 0. The van der Waals surface area contributed by atoms with Crippen LogP contribution in [-0.4, -0.2) is 5.78 Å². The third-order valence-corrected chi connectivity index (χ3v) is 1.41.